The number of aryl methyl sites for hydroxylation is 1. The standard InChI is InChI=1S/C15H16N6/c1-10-2-3-11(16-6-10)7-17-14-13-15(19-8-18-14)21(9-20-13)12-4-5-12/h2-3,6,8-9,12H,4-5,7H2,1H3,(H,17,18,19). The Balaban J connectivity index is 1.60. The lowest BCUT2D eigenvalue weighted by atomic mass is 10.3. The van der Waals surface area contributed by atoms with Gasteiger partial charge in [-0.2, -0.15) is 0 Å². The van der Waals surface area contributed by atoms with Gasteiger partial charge in [-0.1, -0.05) is 6.07 Å². The number of fused-ring (bicyclic) bond motifs is 1. The molecule has 6 heteroatoms. The molecule has 0 aromatic carbocycles. The fraction of sp³-hybridized carbons (Fsp3) is 0.333. The van der Waals surface area contributed by atoms with Gasteiger partial charge in [-0.3, -0.25) is 4.98 Å². The maximum absolute atomic E-state index is 4.46. The smallest absolute Gasteiger partial charge is 0.165 e. The van der Waals surface area contributed by atoms with E-state index in [-0.39, 0.29) is 0 Å². The molecule has 6 nitrogen and oxygen atoms in total. The number of hydrogen-bond donors (Lipinski definition) is 1. The van der Waals surface area contributed by atoms with E-state index in [1.165, 1.54) is 12.8 Å². The van der Waals surface area contributed by atoms with Gasteiger partial charge in [0, 0.05) is 12.2 Å². The Morgan fingerprint density at radius 2 is 2.10 bits per heavy atom. The molecule has 1 aliphatic carbocycles. The van der Waals surface area contributed by atoms with Crippen molar-refractivity contribution >= 4 is 17.0 Å². The van der Waals surface area contributed by atoms with Crippen molar-refractivity contribution in [1.82, 2.24) is 24.5 Å². The first-order valence-electron chi connectivity index (χ1n) is 7.14. The molecule has 0 radical (unpaired) electrons. The molecule has 106 valence electrons. The summed E-state index contributed by atoms with van der Waals surface area (Å²) in [7, 11) is 0. The number of imidazole rings is 1. The third kappa shape index (κ3) is 2.33. The van der Waals surface area contributed by atoms with Crippen molar-refractivity contribution in [2.75, 3.05) is 5.32 Å². The van der Waals surface area contributed by atoms with Crippen molar-refractivity contribution in [1.29, 1.82) is 0 Å². The second-order valence-corrected chi connectivity index (χ2v) is 5.46. The SMILES string of the molecule is Cc1ccc(CNc2ncnc3c2ncn3C2CC2)nc1. The van der Waals surface area contributed by atoms with E-state index in [9.17, 15) is 0 Å². The molecule has 4 rings (SSSR count). The highest BCUT2D eigenvalue weighted by Crippen LogP contribution is 2.37. The van der Waals surface area contributed by atoms with Crippen molar-refractivity contribution in [3.05, 3.63) is 42.2 Å². The first-order valence-corrected chi connectivity index (χ1v) is 7.14. The van der Waals surface area contributed by atoms with Gasteiger partial charge < -0.3 is 9.88 Å². The lowest BCUT2D eigenvalue weighted by Gasteiger charge is -2.06. The third-order valence-electron chi connectivity index (χ3n) is 3.71. The zero-order valence-corrected chi connectivity index (χ0v) is 11.8. The zero-order chi connectivity index (χ0) is 14.2. The van der Waals surface area contributed by atoms with Crippen LogP contribution in [0.5, 0.6) is 0 Å². The average Bonchev–Trinajstić information content (AvgIpc) is 3.26. The van der Waals surface area contributed by atoms with Crippen LogP contribution in [0, 0.1) is 6.92 Å². The average molecular weight is 280 g/mol. The quantitative estimate of drug-likeness (QED) is 0.795. The van der Waals surface area contributed by atoms with Gasteiger partial charge in [-0.25, -0.2) is 15.0 Å². The van der Waals surface area contributed by atoms with E-state index in [1.54, 1.807) is 6.33 Å². The molecule has 1 fully saturated rings. The van der Waals surface area contributed by atoms with E-state index < -0.39 is 0 Å². The molecular formula is C15H16N6. The number of rotatable bonds is 4. The maximum Gasteiger partial charge on any atom is 0.165 e. The fourth-order valence-corrected chi connectivity index (χ4v) is 2.38. The van der Waals surface area contributed by atoms with Crippen molar-refractivity contribution in [3.63, 3.8) is 0 Å². The fourth-order valence-electron chi connectivity index (χ4n) is 2.38. The van der Waals surface area contributed by atoms with Crippen LogP contribution in [0.2, 0.25) is 0 Å². The molecule has 0 bridgehead atoms. The molecule has 0 atom stereocenters. The zero-order valence-electron chi connectivity index (χ0n) is 11.8. The number of pyridine rings is 1. The summed E-state index contributed by atoms with van der Waals surface area (Å²) in [5.74, 6) is 0.766. The predicted molar refractivity (Wildman–Crippen MR) is 79.9 cm³/mol. The van der Waals surface area contributed by atoms with Gasteiger partial charge >= 0.3 is 0 Å². The molecule has 0 spiro atoms. The van der Waals surface area contributed by atoms with Crippen molar-refractivity contribution in [2.24, 2.45) is 0 Å². The number of aromatic nitrogens is 5. The van der Waals surface area contributed by atoms with Gasteiger partial charge in [0.15, 0.2) is 11.5 Å². The Labute approximate surface area is 122 Å². The molecule has 21 heavy (non-hydrogen) atoms. The van der Waals surface area contributed by atoms with E-state index in [4.69, 9.17) is 0 Å². The number of anilines is 1. The van der Waals surface area contributed by atoms with Crippen LogP contribution in [0.15, 0.2) is 31.0 Å². The molecule has 0 aliphatic heterocycles. The second-order valence-electron chi connectivity index (χ2n) is 5.46. The molecule has 1 N–H and O–H groups in total. The summed E-state index contributed by atoms with van der Waals surface area (Å²) in [6, 6.07) is 4.64. The van der Waals surface area contributed by atoms with E-state index in [2.05, 4.69) is 35.9 Å². The Bertz CT molecular complexity index is 772. The minimum Gasteiger partial charge on any atom is -0.362 e. The summed E-state index contributed by atoms with van der Waals surface area (Å²) in [4.78, 5) is 17.5. The lowest BCUT2D eigenvalue weighted by Crippen LogP contribution is -2.04. The Morgan fingerprint density at radius 1 is 1.19 bits per heavy atom. The van der Waals surface area contributed by atoms with Crippen molar-refractivity contribution < 1.29 is 0 Å². The molecule has 1 saturated carbocycles. The summed E-state index contributed by atoms with van der Waals surface area (Å²) >= 11 is 0. The van der Waals surface area contributed by atoms with E-state index in [0.29, 0.717) is 12.6 Å². The Kier molecular flexibility index (Phi) is 2.80. The van der Waals surface area contributed by atoms with Gasteiger partial charge in [-0.05, 0) is 31.4 Å². The highest BCUT2D eigenvalue weighted by molar-refractivity contribution is 5.82. The van der Waals surface area contributed by atoms with Gasteiger partial charge in [0.2, 0.25) is 0 Å². The van der Waals surface area contributed by atoms with Crippen LogP contribution < -0.4 is 5.32 Å². The maximum atomic E-state index is 4.46. The van der Waals surface area contributed by atoms with Crippen LogP contribution >= 0.6 is 0 Å². The normalized spacial score (nSPS) is 14.5. The summed E-state index contributed by atoms with van der Waals surface area (Å²) < 4.78 is 2.15. The summed E-state index contributed by atoms with van der Waals surface area (Å²) in [5.41, 5.74) is 3.88. The number of nitrogens with one attached hydrogen (secondary N) is 1. The molecule has 3 aromatic heterocycles. The molecular weight excluding hydrogens is 264 g/mol. The molecule has 0 unspecified atom stereocenters. The van der Waals surface area contributed by atoms with Crippen molar-refractivity contribution in [3.8, 4) is 0 Å². The molecule has 3 heterocycles. The van der Waals surface area contributed by atoms with Crippen molar-refractivity contribution in [2.45, 2.75) is 32.4 Å². The monoisotopic (exact) mass is 280 g/mol. The predicted octanol–water partition coefficient (Wildman–Crippen LogP) is 2.48. The number of hydrogen-bond acceptors (Lipinski definition) is 5. The van der Waals surface area contributed by atoms with Gasteiger partial charge in [0.05, 0.1) is 18.6 Å². The highest BCUT2D eigenvalue weighted by atomic mass is 15.2. The van der Waals surface area contributed by atoms with Crippen LogP contribution in [0.1, 0.15) is 30.1 Å². The largest absolute Gasteiger partial charge is 0.362 e. The van der Waals surface area contributed by atoms with Gasteiger partial charge in [-0.15, -0.1) is 0 Å². The lowest BCUT2D eigenvalue weighted by molar-refractivity contribution is 0.756. The third-order valence-corrected chi connectivity index (χ3v) is 3.71. The molecule has 1 aliphatic rings. The minimum atomic E-state index is 0.566. The van der Waals surface area contributed by atoms with Crippen LogP contribution in [-0.4, -0.2) is 24.5 Å². The van der Waals surface area contributed by atoms with Crippen LogP contribution in [0.25, 0.3) is 11.2 Å². The van der Waals surface area contributed by atoms with Gasteiger partial charge in [0.25, 0.3) is 0 Å². The minimum absolute atomic E-state index is 0.566. The second kappa shape index (κ2) is 4.80. The summed E-state index contributed by atoms with van der Waals surface area (Å²) in [6.07, 6.45) is 7.76. The van der Waals surface area contributed by atoms with Crippen LogP contribution in [-0.2, 0) is 6.54 Å². The molecule has 3 aromatic rings. The van der Waals surface area contributed by atoms with E-state index in [0.717, 1.165) is 28.2 Å². The topological polar surface area (TPSA) is 68.5 Å². The first kappa shape index (κ1) is 12.3. The van der Waals surface area contributed by atoms with E-state index >= 15 is 0 Å². The highest BCUT2D eigenvalue weighted by Gasteiger charge is 2.26. The Hall–Kier alpha value is -2.50. The Morgan fingerprint density at radius 3 is 2.86 bits per heavy atom. The van der Waals surface area contributed by atoms with Crippen LogP contribution in [0.3, 0.4) is 0 Å². The van der Waals surface area contributed by atoms with Gasteiger partial charge in [0.1, 0.15) is 11.8 Å². The summed E-state index contributed by atoms with van der Waals surface area (Å²) in [6.45, 7) is 2.66. The molecule has 0 saturated heterocycles. The number of nitrogens with zero attached hydrogens (tertiary/aromatic N) is 5. The van der Waals surface area contributed by atoms with E-state index in [1.807, 2.05) is 25.5 Å². The van der Waals surface area contributed by atoms with Crippen LogP contribution in [0.4, 0.5) is 5.82 Å². The first-order chi connectivity index (χ1) is 10.3. The summed E-state index contributed by atoms with van der Waals surface area (Å²) in [5, 5.41) is 3.31. The molecule has 0 amide bonds.